The summed E-state index contributed by atoms with van der Waals surface area (Å²) >= 11 is 6.29. The van der Waals surface area contributed by atoms with E-state index in [1.165, 1.54) is 7.05 Å². The minimum Gasteiger partial charge on any atom is -0.497 e. The van der Waals surface area contributed by atoms with Crippen LogP contribution in [0, 0.1) is 0 Å². The Kier molecular flexibility index (Phi) is 7.41. The van der Waals surface area contributed by atoms with Crippen LogP contribution in [0.4, 0.5) is 10.5 Å². The first-order valence-corrected chi connectivity index (χ1v) is 10.5. The van der Waals surface area contributed by atoms with Gasteiger partial charge in [0.15, 0.2) is 6.10 Å². The molecule has 2 aromatic rings. The fourth-order valence-corrected chi connectivity index (χ4v) is 3.95. The van der Waals surface area contributed by atoms with Crippen molar-refractivity contribution in [1.29, 1.82) is 0 Å². The van der Waals surface area contributed by atoms with Crippen molar-refractivity contribution in [2.45, 2.75) is 18.4 Å². The molecular weight excluding hydrogens is 418 g/mol. The van der Waals surface area contributed by atoms with Crippen LogP contribution in [0.1, 0.15) is 17.0 Å². The number of amides is 2. The van der Waals surface area contributed by atoms with E-state index in [9.17, 15) is 9.59 Å². The smallest absolute Gasteiger partial charge is 0.407 e. The molecule has 0 aromatic heterocycles. The van der Waals surface area contributed by atoms with E-state index in [0.29, 0.717) is 30.3 Å². The summed E-state index contributed by atoms with van der Waals surface area (Å²) in [5.41, 5.74) is 2.60. The van der Waals surface area contributed by atoms with Crippen LogP contribution in [0.3, 0.4) is 0 Å². The largest absolute Gasteiger partial charge is 0.497 e. The number of methoxy groups -OCH3 is 1. The van der Waals surface area contributed by atoms with Gasteiger partial charge in [-0.15, -0.1) is 0 Å². The third-order valence-corrected chi connectivity index (χ3v) is 5.64. The number of alkyl carbamates (subject to hydrolysis) is 1. The Morgan fingerprint density at radius 2 is 1.94 bits per heavy atom. The number of likely N-dealkylation sites (N-methyl/N-ethyl adjacent to an activating group) is 1. The molecule has 1 N–H and O–H groups in total. The van der Waals surface area contributed by atoms with Gasteiger partial charge in [-0.1, -0.05) is 23.7 Å². The van der Waals surface area contributed by atoms with Crippen molar-refractivity contribution in [3.05, 3.63) is 58.6 Å². The van der Waals surface area contributed by atoms with Gasteiger partial charge >= 0.3 is 6.09 Å². The van der Waals surface area contributed by atoms with E-state index in [1.54, 1.807) is 18.1 Å². The van der Waals surface area contributed by atoms with Crippen LogP contribution in [0.25, 0.3) is 0 Å². The molecule has 0 saturated heterocycles. The van der Waals surface area contributed by atoms with Gasteiger partial charge in [0.25, 0.3) is 5.91 Å². The molecule has 2 aromatic carbocycles. The molecule has 0 bridgehead atoms. The molecule has 2 atom stereocenters. The lowest BCUT2D eigenvalue weighted by Crippen LogP contribution is -2.46. The van der Waals surface area contributed by atoms with Gasteiger partial charge in [0.1, 0.15) is 5.75 Å². The summed E-state index contributed by atoms with van der Waals surface area (Å²) in [6.45, 7) is 1.12. The van der Waals surface area contributed by atoms with E-state index in [-0.39, 0.29) is 11.8 Å². The van der Waals surface area contributed by atoms with E-state index in [4.69, 9.17) is 21.1 Å². The second-order valence-corrected chi connectivity index (χ2v) is 8.16. The maximum atomic E-state index is 13.7. The molecule has 166 valence electrons. The Labute approximate surface area is 187 Å². The van der Waals surface area contributed by atoms with Crippen LogP contribution in [-0.2, 0) is 16.0 Å². The Bertz CT molecular complexity index is 933. The van der Waals surface area contributed by atoms with Crippen molar-refractivity contribution in [1.82, 2.24) is 10.2 Å². The summed E-state index contributed by atoms with van der Waals surface area (Å²) < 4.78 is 10.9. The summed E-state index contributed by atoms with van der Waals surface area (Å²) in [5.74, 6) is 0.0770. The van der Waals surface area contributed by atoms with Gasteiger partial charge in [0, 0.05) is 36.8 Å². The van der Waals surface area contributed by atoms with Crippen molar-refractivity contribution in [2.75, 3.05) is 46.2 Å². The highest BCUT2D eigenvalue weighted by molar-refractivity contribution is 6.30. The molecule has 3 rings (SSSR count). The highest BCUT2D eigenvalue weighted by Crippen LogP contribution is 2.38. The fraction of sp³-hybridized carbons (Fsp3) is 0.391. The molecule has 0 fully saturated rings. The summed E-state index contributed by atoms with van der Waals surface area (Å²) in [6.07, 6.45) is -1.14. The molecule has 1 heterocycles. The zero-order chi connectivity index (χ0) is 22.5. The third kappa shape index (κ3) is 5.29. The third-order valence-electron chi connectivity index (χ3n) is 5.40. The maximum absolute atomic E-state index is 13.7. The summed E-state index contributed by atoms with van der Waals surface area (Å²) in [6, 6.07) is 13.0. The average Bonchev–Trinajstić information content (AvgIpc) is 2.86. The van der Waals surface area contributed by atoms with Crippen LogP contribution < -0.4 is 15.0 Å². The number of hydrogen-bond donors (Lipinski definition) is 1. The first-order valence-electron chi connectivity index (χ1n) is 10.1. The lowest BCUT2D eigenvalue weighted by Gasteiger charge is -2.29. The molecule has 2 amide bonds. The Hall–Kier alpha value is -2.77. The Morgan fingerprint density at radius 1 is 1.23 bits per heavy atom. The maximum Gasteiger partial charge on any atom is 0.407 e. The van der Waals surface area contributed by atoms with E-state index >= 15 is 0 Å². The molecule has 1 aliphatic heterocycles. The van der Waals surface area contributed by atoms with Gasteiger partial charge in [-0.05, 0) is 62.0 Å². The SMILES string of the molecule is CNC(=O)OC1C(=O)N(CCN(C)C)c2ccc(Cl)cc2CC1c1ccc(OC)cc1. The molecule has 0 aliphatic carbocycles. The zero-order valence-corrected chi connectivity index (χ0v) is 19.0. The normalized spacial score (nSPS) is 18.4. The van der Waals surface area contributed by atoms with Crippen LogP contribution in [0.15, 0.2) is 42.5 Å². The lowest BCUT2D eigenvalue weighted by atomic mass is 9.87. The van der Waals surface area contributed by atoms with Crippen LogP contribution >= 0.6 is 11.6 Å². The van der Waals surface area contributed by atoms with Crippen molar-refractivity contribution < 1.29 is 19.1 Å². The number of nitrogens with zero attached hydrogens (tertiary/aromatic N) is 2. The van der Waals surface area contributed by atoms with Crippen molar-refractivity contribution >= 4 is 29.3 Å². The summed E-state index contributed by atoms with van der Waals surface area (Å²) in [4.78, 5) is 29.6. The monoisotopic (exact) mass is 445 g/mol. The number of nitrogens with one attached hydrogen (secondary N) is 1. The molecule has 0 spiro atoms. The van der Waals surface area contributed by atoms with Crippen molar-refractivity contribution in [2.24, 2.45) is 0 Å². The number of rotatable bonds is 6. The molecule has 7 nitrogen and oxygen atoms in total. The first-order chi connectivity index (χ1) is 14.8. The number of fused-ring (bicyclic) bond motifs is 1. The van der Waals surface area contributed by atoms with E-state index in [2.05, 4.69) is 5.32 Å². The minimum atomic E-state index is -0.985. The highest BCUT2D eigenvalue weighted by atomic mass is 35.5. The number of hydrogen-bond acceptors (Lipinski definition) is 5. The zero-order valence-electron chi connectivity index (χ0n) is 18.2. The number of carbonyl (C=O) groups excluding carboxylic acids is 2. The van der Waals surface area contributed by atoms with Gasteiger partial charge in [0.2, 0.25) is 0 Å². The topological polar surface area (TPSA) is 71.1 Å². The number of ether oxygens (including phenoxy) is 2. The second-order valence-electron chi connectivity index (χ2n) is 7.73. The minimum absolute atomic E-state index is 0.257. The number of benzene rings is 2. The van der Waals surface area contributed by atoms with Crippen LogP contribution in [0.2, 0.25) is 5.02 Å². The first kappa shape index (κ1) is 22.9. The lowest BCUT2D eigenvalue weighted by molar-refractivity contribution is -0.127. The molecule has 0 radical (unpaired) electrons. The van der Waals surface area contributed by atoms with Gasteiger partial charge in [-0.25, -0.2) is 4.79 Å². The predicted octanol–water partition coefficient (Wildman–Crippen LogP) is 3.31. The Balaban J connectivity index is 2.09. The number of halogens is 1. The van der Waals surface area contributed by atoms with E-state index in [0.717, 1.165) is 16.8 Å². The second kappa shape index (κ2) is 10.0. The van der Waals surface area contributed by atoms with Crippen molar-refractivity contribution in [3.8, 4) is 5.75 Å². The molecule has 1 aliphatic rings. The standard InChI is InChI=1S/C23H28ClN3O4/c1-25-23(29)31-21-19(15-5-8-18(30-4)9-6-15)14-16-13-17(24)7-10-20(16)27(22(21)28)12-11-26(2)3/h5-10,13,19,21H,11-12,14H2,1-4H3,(H,25,29). The highest BCUT2D eigenvalue weighted by Gasteiger charge is 2.40. The van der Waals surface area contributed by atoms with Gasteiger partial charge < -0.3 is 24.6 Å². The quantitative estimate of drug-likeness (QED) is 0.738. The fourth-order valence-electron chi connectivity index (χ4n) is 3.75. The molecule has 31 heavy (non-hydrogen) atoms. The average molecular weight is 446 g/mol. The molecular formula is C23H28ClN3O4. The number of carbonyl (C=O) groups is 2. The Morgan fingerprint density at radius 3 is 2.55 bits per heavy atom. The molecule has 0 saturated carbocycles. The number of anilines is 1. The summed E-state index contributed by atoms with van der Waals surface area (Å²) in [5, 5.41) is 3.05. The van der Waals surface area contributed by atoms with Gasteiger partial charge in [0.05, 0.1) is 7.11 Å². The van der Waals surface area contributed by atoms with E-state index in [1.807, 2.05) is 55.4 Å². The van der Waals surface area contributed by atoms with Crippen molar-refractivity contribution in [3.63, 3.8) is 0 Å². The molecule has 2 unspecified atom stereocenters. The molecule has 8 heteroatoms. The summed E-state index contributed by atoms with van der Waals surface area (Å²) in [7, 11) is 6.97. The predicted molar refractivity (Wildman–Crippen MR) is 121 cm³/mol. The van der Waals surface area contributed by atoms with E-state index < -0.39 is 12.2 Å². The van der Waals surface area contributed by atoms with Gasteiger partial charge in [-0.3, -0.25) is 4.79 Å². The van der Waals surface area contributed by atoms with Crippen LogP contribution in [0.5, 0.6) is 5.75 Å². The van der Waals surface area contributed by atoms with Gasteiger partial charge in [-0.2, -0.15) is 0 Å². The van der Waals surface area contributed by atoms with Crippen LogP contribution in [-0.4, -0.2) is 64.3 Å².